The van der Waals surface area contributed by atoms with Gasteiger partial charge in [-0.2, -0.15) is 0 Å². The van der Waals surface area contributed by atoms with Gasteiger partial charge in [-0.05, 0) is 37.1 Å². The number of hydrogen-bond acceptors (Lipinski definition) is 4. The van der Waals surface area contributed by atoms with Crippen molar-refractivity contribution in [3.8, 4) is 11.5 Å². The summed E-state index contributed by atoms with van der Waals surface area (Å²) in [6, 6.07) is 7.66. The number of hydrogen-bond donors (Lipinski definition) is 0. The Kier molecular flexibility index (Phi) is 11.4. The Labute approximate surface area is 134 Å². The van der Waals surface area contributed by atoms with Gasteiger partial charge < -0.3 is 18.9 Å². The van der Waals surface area contributed by atoms with Gasteiger partial charge in [0.15, 0.2) is 0 Å². The highest BCUT2D eigenvalue weighted by molar-refractivity contribution is 5.31. The molecule has 0 heterocycles. The van der Waals surface area contributed by atoms with Crippen molar-refractivity contribution in [2.75, 3.05) is 39.6 Å². The van der Waals surface area contributed by atoms with Gasteiger partial charge in [-0.1, -0.05) is 26.7 Å². The van der Waals surface area contributed by atoms with Crippen molar-refractivity contribution in [2.24, 2.45) is 0 Å². The molecule has 0 unspecified atom stereocenters. The molecule has 0 amide bonds. The SMILES string of the molecule is CCCCOCCOc1ccc(OCCOCCCC)cc1. The second-order valence-electron chi connectivity index (χ2n) is 5.10. The second kappa shape index (κ2) is 13.4. The smallest absolute Gasteiger partial charge is 0.119 e. The molecular formula is C18H30O4. The van der Waals surface area contributed by atoms with Crippen molar-refractivity contribution in [1.29, 1.82) is 0 Å². The summed E-state index contributed by atoms with van der Waals surface area (Å²) in [7, 11) is 0. The molecule has 0 aromatic heterocycles. The lowest BCUT2D eigenvalue weighted by atomic mass is 10.3. The van der Waals surface area contributed by atoms with Gasteiger partial charge in [0.25, 0.3) is 0 Å². The second-order valence-corrected chi connectivity index (χ2v) is 5.10. The molecular weight excluding hydrogens is 280 g/mol. The Balaban J connectivity index is 2.07. The summed E-state index contributed by atoms with van der Waals surface area (Å²) in [5.74, 6) is 1.68. The zero-order valence-corrected chi connectivity index (χ0v) is 14.0. The Bertz CT molecular complexity index is 316. The third-order valence-corrected chi connectivity index (χ3v) is 3.10. The van der Waals surface area contributed by atoms with E-state index >= 15 is 0 Å². The summed E-state index contributed by atoms with van der Waals surface area (Å²) in [6.45, 7) is 8.35. The molecule has 0 aliphatic rings. The molecule has 0 fully saturated rings. The average Bonchev–Trinajstić information content (AvgIpc) is 2.55. The highest BCUT2D eigenvalue weighted by Gasteiger charge is 1.97. The highest BCUT2D eigenvalue weighted by Crippen LogP contribution is 2.17. The molecule has 1 rings (SSSR count). The van der Waals surface area contributed by atoms with Crippen LogP contribution in [0.4, 0.5) is 0 Å². The van der Waals surface area contributed by atoms with Crippen LogP contribution in [0.5, 0.6) is 11.5 Å². The Morgan fingerprint density at radius 2 is 1.00 bits per heavy atom. The molecule has 0 saturated carbocycles. The van der Waals surface area contributed by atoms with E-state index in [9.17, 15) is 0 Å². The molecule has 1 aromatic rings. The molecule has 1 aromatic carbocycles. The first kappa shape index (κ1) is 18.8. The maximum absolute atomic E-state index is 5.61. The molecule has 0 aliphatic heterocycles. The summed E-state index contributed by atoms with van der Waals surface area (Å²) < 4.78 is 22.1. The van der Waals surface area contributed by atoms with Gasteiger partial charge >= 0.3 is 0 Å². The third-order valence-electron chi connectivity index (χ3n) is 3.10. The molecule has 22 heavy (non-hydrogen) atoms. The zero-order valence-electron chi connectivity index (χ0n) is 14.0. The molecule has 0 atom stereocenters. The van der Waals surface area contributed by atoms with Gasteiger partial charge in [0.2, 0.25) is 0 Å². The summed E-state index contributed by atoms with van der Waals surface area (Å²) in [4.78, 5) is 0. The van der Waals surface area contributed by atoms with Gasteiger partial charge in [-0.15, -0.1) is 0 Å². The largest absolute Gasteiger partial charge is 0.491 e. The van der Waals surface area contributed by atoms with Crippen LogP contribution in [0.15, 0.2) is 24.3 Å². The van der Waals surface area contributed by atoms with E-state index in [-0.39, 0.29) is 0 Å². The van der Waals surface area contributed by atoms with Crippen molar-refractivity contribution in [3.63, 3.8) is 0 Å². The molecule has 126 valence electrons. The Morgan fingerprint density at radius 3 is 1.36 bits per heavy atom. The first-order chi connectivity index (χ1) is 10.9. The Hall–Kier alpha value is -1.26. The molecule has 0 N–H and O–H groups in total. The van der Waals surface area contributed by atoms with Crippen LogP contribution in [-0.2, 0) is 9.47 Å². The normalized spacial score (nSPS) is 10.6. The van der Waals surface area contributed by atoms with Crippen LogP contribution < -0.4 is 9.47 Å². The fraction of sp³-hybridized carbons (Fsp3) is 0.667. The van der Waals surface area contributed by atoms with Crippen LogP contribution in [0, 0.1) is 0 Å². The van der Waals surface area contributed by atoms with Crippen LogP contribution in [0.3, 0.4) is 0 Å². The molecule has 0 spiro atoms. The monoisotopic (exact) mass is 310 g/mol. The van der Waals surface area contributed by atoms with Crippen LogP contribution in [-0.4, -0.2) is 39.6 Å². The van der Waals surface area contributed by atoms with E-state index in [1.54, 1.807) is 0 Å². The van der Waals surface area contributed by atoms with Crippen molar-refractivity contribution in [1.82, 2.24) is 0 Å². The fourth-order valence-corrected chi connectivity index (χ4v) is 1.77. The van der Waals surface area contributed by atoms with E-state index in [0.717, 1.165) is 50.4 Å². The van der Waals surface area contributed by atoms with Crippen LogP contribution in [0.25, 0.3) is 0 Å². The summed E-state index contributed by atoms with van der Waals surface area (Å²) in [5, 5.41) is 0. The number of rotatable bonds is 14. The molecule has 0 bridgehead atoms. The van der Waals surface area contributed by atoms with Gasteiger partial charge in [-0.3, -0.25) is 0 Å². The molecule has 4 heteroatoms. The minimum absolute atomic E-state index is 0.579. The standard InChI is InChI=1S/C18H30O4/c1-3-5-11-19-13-15-21-17-7-9-18(10-8-17)22-16-14-20-12-6-4-2/h7-10H,3-6,11-16H2,1-2H3. The maximum atomic E-state index is 5.61. The lowest BCUT2D eigenvalue weighted by Crippen LogP contribution is -2.08. The highest BCUT2D eigenvalue weighted by atomic mass is 16.5. The fourth-order valence-electron chi connectivity index (χ4n) is 1.77. The first-order valence-electron chi connectivity index (χ1n) is 8.38. The number of ether oxygens (including phenoxy) is 4. The molecule has 0 saturated heterocycles. The van der Waals surface area contributed by atoms with Crippen LogP contribution in [0.2, 0.25) is 0 Å². The van der Waals surface area contributed by atoms with Crippen molar-refractivity contribution in [3.05, 3.63) is 24.3 Å². The minimum Gasteiger partial charge on any atom is -0.491 e. The lowest BCUT2D eigenvalue weighted by Gasteiger charge is -2.09. The van der Waals surface area contributed by atoms with Crippen molar-refractivity contribution in [2.45, 2.75) is 39.5 Å². The van der Waals surface area contributed by atoms with E-state index in [0.29, 0.717) is 26.4 Å². The van der Waals surface area contributed by atoms with Gasteiger partial charge in [-0.25, -0.2) is 0 Å². The molecule has 0 radical (unpaired) electrons. The predicted molar refractivity (Wildman–Crippen MR) is 88.9 cm³/mol. The first-order valence-corrected chi connectivity index (χ1v) is 8.38. The van der Waals surface area contributed by atoms with E-state index < -0.39 is 0 Å². The third kappa shape index (κ3) is 9.64. The van der Waals surface area contributed by atoms with Crippen molar-refractivity contribution >= 4 is 0 Å². The lowest BCUT2D eigenvalue weighted by molar-refractivity contribution is 0.0969. The van der Waals surface area contributed by atoms with E-state index in [1.807, 2.05) is 24.3 Å². The van der Waals surface area contributed by atoms with Crippen molar-refractivity contribution < 1.29 is 18.9 Å². The van der Waals surface area contributed by atoms with E-state index in [1.165, 1.54) is 0 Å². The summed E-state index contributed by atoms with van der Waals surface area (Å²) in [6.07, 6.45) is 4.53. The summed E-state index contributed by atoms with van der Waals surface area (Å²) in [5.41, 5.74) is 0. The maximum Gasteiger partial charge on any atom is 0.119 e. The van der Waals surface area contributed by atoms with Gasteiger partial charge in [0.05, 0.1) is 13.2 Å². The zero-order chi connectivity index (χ0) is 15.9. The average molecular weight is 310 g/mol. The summed E-state index contributed by atoms with van der Waals surface area (Å²) >= 11 is 0. The van der Waals surface area contributed by atoms with Gasteiger partial charge in [0, 0.05) is 13.2 Å². The topological polar surface area (TPSA) is 36.9 Å². The van der Waals surface area contributed by atoms with Crippen LogP contribution >= 0.6 is 0 Å². The minimum atomic E-state index is 0.579. The molecule has 4 nitrogen and oxygen atoms in total. The van der Waals surface area contributed by atoms with Crippen LogP contribution in [0.1, 0.15) is 39.5 Å². The van der Waals surface area contributed by atoms with E-state index in [4.69, 9.17) is 18.9 Å². The molecule has 0 aliphatic carbocycles. The van der Waals surface area contributed by atoms with E-state index in [2.05, 4.69) is 13.8 Å². The predicted octanol–water partition coefficient (Wildman–Crippen LogP) is 4.08. The number of unbranched alkanes of at least 4 members (excludes halogenated alkanes) is 2. The quantitative estimate of drug-likeness (QED) is 0.485. The number of benzene rings is 1. The van der Waals surface area contributed by atoms with Gasteiger partial charge in [0.1, 0.15) is 24.7 Å². The Morgan fingerprint density at radius 1 is 0.591 bits per heavy atom.